The van der Waals surface area contributed by atoms with Gasteiger partial charge in [-0.1, -0.05) is 25.8 Å². The molecule has 0 bridgehead atoms. The summed E-state index contributed by atoms with van der Waals surface area (Å²) >= 11 is 0. The van der Waals surface area contributed by atoms with Gasteiger partial charge in [-0.3, -0.25) is 4.89 Å². The Balaban J connectivity index is 2.41. The van der Waals surface area contributed by atoms with Crippen molar-refractivity contribution in [2.24, 2.45) is 5.92 Å². The van der Waals surface area contributed by atoms with E-state index in [9.17, 15) is 4.79 Å². The molecule has 1 atom stereocenters. The minimum Gasteiger partial charge on any atom is -0.349 e. The second kappa shape index (κ2) is 7.45. The number of rotatable bonds is 6. The topological polar surface area (TPSA) is 44.8 Å². The molecule has 0 saturated heterocycles. The van der Waals surface area contributed by atoms with Crippen LogP contribution in [0.2, 0.25) is 0 Å². The van der Waals surface area contributed by atoms with Crippen LogP contribution in [0, 0.1) is 5.92 Å². The average Bonchev–Trinajstić information content (AvgIpc) is 2.35. The van der Waals surface area contributed by atoms with Crippen LogP contribution in [-0.4, -0.2) is 18.9 Å². The Morgan fingerprint density at radius 2 is 2.00 bits per heavy atom. The van der Waals surface area contributed by atoms with E-state index in [-0.39, 0.29) is 0 Å². The fraction of sp³-hybridized carbons (Fsp3) is 0.769. The van der Waals surface area contributed by atoms with Gasteiger partial charge in [0.05, 0.1) is 0 Å². The average molecular weight is 242 g/mol. The molecule has 1 unspecified atom stereocenters. The van der Waals surface area contributed by atoms with Gasteiger partial charge in [0.1, 0.15) is 0 Å². The van der Waals surface area contributed by atoms with Crippen LogP contribution in [0.3, 0.4) is 0 Å². The van der Waals surface area contributed by atoms with E-state index in [2.05, 4.69) is 6.58 Å². The fourth-order valence-corrected chi connectivity index (χ4v) is 1.98. The largest absolute Gasteiger partial charge is 0.368 e. The van der Waals surface area contributed by atoms with Crippen molar-refractivity contribution in [1.29, 1.82) is 0 Å². The van der Waals surface area contributed by atoms with E-state index in [1.165, 1.54) is 19.3 Å². The highest BCUT2D eigenvalue weighted by Gasteiger charge is 2.27. The molecule has 0 amide bonds. The smallest absolute Gasteiger partial charge is 0.349 e. The lowest BCUT2D eigenvalue weighted by molar-refractivity contribution is -0.363. The number of ether oxygens (including phenoxy) is 1. The molecule has 1 rings (SSSR count). The summed E-state index contributed by atoms with van der Waals surface area (Å²) in [5.74, 6) is -0.216. The van der Waals surface area contributed by atoms with E-state index in [0.717, 1.165) is 12.8 Å². The van der Waals surface area contributed by atoms with Crippen molar-refractivity contribution >= 4 is 5.97 Å². The maximum Gasteiger partial charge on any atom is 0.368 e. The Morgan fingerprint density at radius 1 is 1.35 bits per heavy atom. The summed E-state index contributed by atoms with van der Waals surface area (Å²) in [6, 6.07) is 0. The molecular formula is C13H22O4. The summed E-state index contributed by atoms with van der Waals surface area (Å²) in [6.07, 6.45) is 5.33. The standard InChI is InChI=1S/C13H22O4/c1-4-15-13(11-8-6-5-7-9-11)17-16-12(14)10(2)3/h11,13H,2,4-9H2,1,3H3. The first-order valence-corrected chi connectivity index (χ1v) is 6.30. The lowest BCUT2D eigenvalue weighted by Gasteiger charge is -2.28. The SMILES string of the molecule is C=C(C)C(=O)OOC(OCC)C1CCCCC1. The van der Waals surface area contributed by atoms with Crippen molar-refractivity contribution in [3.05, 3.63) is 12.2 Å². The molecule has 0 N–H and O–H groups in total. The van der Waals surface area contributed by atoms with Crippen LogP contribution < -0.4 is 0 Å². The Morgan fingerprint density at radius 3 is 2.53 bits per heavy atom. The monoisotopic (exact) mass is 242 g/mol. The number of hydrogen-bond donors (Lipinski definition) is 0. The van der Waals surface area contributed by atoms with E-state index in [1.54, 1.807) is 6.92 Å². The first-order valence-electron chi connectivity index (χ1n) is 6.30. The van der Waals surface area contributed by atoms with Crippen LogP contribution >= 0.6 is 0 Å². The highest BCUT2D eigenvalue weighted by atomic mass is 17.2. The highest BCUT2D eigenvalue weighted by Crippen LogP contribution is 2.28. The summed E-state index contributed by atoms with van der Waals surface area (Å²) in [4.78, 5) is 21.1. The molecule has 1 aliphatic carbocycles. The van der Waals surface area contributed by atoms with E-state index in [1.807, 2.05) is 6.92 Å². The van der Waals surface area contributed by atoms with Crippen molar-refractivity contribution in [2.75, 3.05) is 6.61 Å². The molecule has 0 aromatic carbocycles. The quantitative estimate of drug-likeness (QED) is 0.311. The van der Waals surface area contributed by atoms with Crippen molar-refractivity contribution in [3.8, 4) is 0 Å². The molecule has 4 heteroatoms. The second-order valence-electron chi connectivity index (χ2n) is 4.47. The normalized spacial score (nSPS) is 18.7. The minimum atomic E-state index is -0.537. The molecule has 1 aliphatic rings. The first-order chi connectivity index (χ1) is 8.15. The van der Waals surface area contributed by atoms with E-state index in [4.69, 9.17) is 14.5 Å². The molecular weight excluding hydrogens is 220 g/mol. The third kappa shape index (κ3) is 4.88. The summed E-state index contributed by atoms with van der Waals surface area (Å²) in [5.41, 5.74) is 0.323. The summed E-state index contributed by atoms with van der Waals surface area (Å²) in [5, 5.41) is 0. The van der Waals surface area contributed by atoms with E-state index in [0.29, 0.717) is 18.1 Å². The summed E-state index contributed by atoms with van der Waals surface area (Å²) < 4.78 is 5.48. The number of carbonyl (C=O) groups is 1. The van der Waals surface area contributed by atoms with Gasteiger partial charge in [-0.15, -0.1) is 0 Å². The van der Waals surface area contributed by atoms with Crippen LogP contribution in [0.1, 0.15) is 46.0 Å². The van der Waals surface area contributed by atoms with Gasteiger partial charge < -0.3 is 4.74 Å². The van der Waals surface area contributed by atoms with Gasteiger partial charge >= 0.3 is 5.97 Å². The van der Waals surface area contributed by atoms with E-state index < -0.39 is 12.3 Å². The van der Waals surface area contributed by atoms with Gasteiger partial charge in [-0.25, -0.2) is 4.79 Å². The Kier molecular flexibility index (Phi) is 6.22. The van der Waals surface area contributed by atoms with Gasteiger partial charge in [0.25, 0.3) is 0 Å². The van der Waals surface area contributed by atoms with Gasteiger partial charge in [-0.05, 0) is 26.7 Å². The molecule has 98 valence electrons. The van der Waals surface area contributed by atoms with Crippen LogP contribution in [0.25, 0.3) is 0 Å². The van der Waals surface area contributed by atoms with Crippen molar-refractivity contribution < 1.29 is 19.3 Å². The van der Waals surface area contributed by atoms with Crippen molar-refractivity contribution in [1.82, 2.24) is 0 Å². The number of hydrogen-bond acceptors (Lipinski definition) is 4. The Hall–Kier alpha value is -0.870. The van der Waals surface area contributed by atoms with Crippen LogP contribution in [0.4, 0.5) is 0 Å². The maximum absolute atomic E-state index is 11.2. The molecule has 0 aliphatic heterocycles. The van der Waals surface area contributed by atoms with Crippen molar-refractivity contribution in [2.45, 2.75) is 52.2 Å². The fourth-order valence-electron chi connectivity index (χ4n) is 1.98. The molecule has 0 heterocycles. The lowest BCUT2D eigenvalue weighted by Crippen LogP contribution is -2.30. The molecule has 1 fully saturated rings. The second-order valence-corrected chi connectivity index (χ2v) is 4.47. The molecule has 0 aromatic rings. The predicted octanol–water partition coefficient (Wildman–Crippen LogP) is 2.98. The lowest BCUT2D eigenvalue weighted by atomic mass is 9.89. The van der Waals surface area contributed by atoms with Gasteiger partial charge in [0.15, 0.2) is 0 Å². The molecule has 4 nitrogen and oxygen atoms in total. The van der Waals surface area contributed by atoms with Gasteiger partial charge in [0.2, 0.25) is 6.29 Å². The van der Waals surface area contributed by atoms with Crippen LogP contribution in [-0.2, 0) is 19.3 Å². The minimum absolute atomic E-state index is 0.321. The third-order valence-electron chi connectivity index (χ3n) is 2.93. The molecule has 1 saturated carbocycles. The van der Waals surface area contributed by atoms with E-state index >= 15 is 0 Å². The molecule has 0 aromatic heterocycles. The van der Waals surface area contributed by atoms with Crippen molar-refractivity contribution in [3.63, 3.8) is 0 Å². The van der Waals surface area contributed by atoms with Crippen LogP contribution in [0.5, 0.6) is 0 Å². The zero-order valence-corrected chi connectivity index (χ0v) is 10.7. The zero-order valence-electron chi connectivity index (χ0n) is 10.7. The maximum atomic E-state index is 11.2. The first kappa shape index (κ1) is 14.2. The summed E-state index contributed by atoms with van der Waals surface area (Å²) in [6.45, 7) is 7.53. The molecule has 0 radical (unpaired) electrons. The van der Waals surface area contributed by atoms with Gasteiger partial charge in [-0.2, -0.15) is 4.89 Å². The Labute approximate surface area is 103 Å². The van der Waals surface area contributed by atoms with Crippen LogP contribution in [0.15, 0.2) is 12.2 Å². The Bertz CT molecular complexity index is 256. The highest BCUT2D eigenvalue weighted by molar-refractivity contribution is 5.86. The predicted molar refractivity (Wildman–Crippen MR) is 64.0 cm³/mol. The van der Waals surface area contributed by atoms with Gasteiger partial charge in [0, 0.05) is 18.1 Å². The third-order valence-corrected chi connectivity index (χ3v) is 2.93. The zero-order chi connectivity index (χ0) is 12.7. The molecule has 0 spiro atoms. The molecule has 17 heavy (non-hydrogen) atoms. The number of carbonyl (C=O) groups excluding carboxylic acids is 1. The summed E-state index contributed by atoms with van der Waals surface area (Å²) in [7, 11) is 0.